The molecule has 0 fully saturated rings. The molecule has 100 valence electrons. The highest BCUT2D eigenvalue weighted by Gasteiger charge is 2.14. The Balaban J connectivity index is 2.34. The van der Waals surface area contributed by atoms with Gasteiger partial charge < -0.3 is 5.73 Å². The molecule has 2 nitrogen and oxygen atoms in total. The van der Waals surface area contributed by atoms with E-state index in [1.165, 1.54) is 12.1 Å². The fourth-order valence-corrected chi connectivity index (χ4v) is 3.71. The molecule has 2 aromatic carbocycles. The second-order valence-electron chi connectivity index (χ2n) is 3.87. The van der Waals surface area contributed by atoms with Crippen LogP contribution in [0.1, 0.15) is 5.56 Å². The third-order valence-corrected chi connectivity index (χ3v) is 4.80. The molecule has 0 aromatic heterocycles. The molecular formula is C13H10BrClFNOS. The second-order valence-corrected chi connectivity index (χ2v) is 6.61. The summed E-state index contributed by atoms with van der Waals surface area (Å²) in [4.78, 5) is 0.466. The molecule has 2 N–H and O–H groups in total. The molecule has 0 radical (unpaired) electrons. The summed E-state index contributed by atoms with van der Waals surface area (Å²) in [6.07, 6.45) is 0. The lowest BCUT2D eigenvalue weighted by Crippen LogP contribution is -2.03. The third-order valence-electron chi connectivity index (χ3n) is 2.56. The average Bonchev–Trinajstić information content (AvgIpc) is 2.37. The number of nitrogen functional groups attached to an aromatic ring is 1. The summed E-state index contributed by atoms with van der Waals surface area (Å²) in [6.45, 7) is 0. The lowest BCUT2D eigenvalue weighted by molar-refractivity contribution is 0.615. The van der Waals surface area contributed by atoms with Crippen molar-refractivity contribution >= 4 is 44.0 Å². The van der Waals surface area contributed by atoms with Gasteiger partial charge in [0.2, 0.25) is 0 Å². The van der Waals surface area contributed by atoms with Crippen molar-refractivity contribution in [2.24, 2.45) is 0 Å². The third kappa shape index (κ3) is 3.35. The van der Waals surface area contributed by atoms with Crippen molar-refractivity contribution in [3.63, 3.8) is 0 Å². The molecule has 0 bridgehead atoms. The second kappa shape index (κ2) is 6.03. The Morgan fingerprint density at radius 3 is 2.74 bits per heavy atom. The molecule has 0 saturated carbocycles. The molecule has 0 aliphatic carbocycles. The zero-order chi connectivity index (χ0) is 14.0. The minimum absolute atomic E-state index is 0.00778. The first-order valence-corrected chi connectivity index (χ1v) is 7.84. The van der Waals surface area contributed by atoms with Gasteiger partial charge in [0.15, 0.2) is 0 Å². The lowest BCUT2D eigenvalue weighted by atomic mass is 10.2. The van der Waals surface area contributed by atoms with Gasteiger partial charge in [-0.1, -0.05) is 33.6 Å². The van der Waals surface area contributed by atoms with Crippen LogP contribution >= 0.6 is 27.5 Å². The lowest BCUT2D eigenvalue weighted by Gasteiger charge is -2.08. The molecule has 0 amide bonds. The van der Waals surface area contributed by atoms with Crippen LogP contribution in [0.3, 0.4) is 0 Å². The van der Waals surface area contributed by atoms with Gasteiger partial charge in [0.05, 0.1) is 21.4 Å². The van der Waals surface area contributed by atoms with E-state index in [1.807, 2.05) is 0 Å². The number of hydrogen-bond donors (Lipinski definition) is 1. The summed E-state index contributed by atoms with van der Waals surface area (Å²) in [5.74, 6) is -0.471. The van der Waals surface area contributed by atoms with Gasteiger partial charge in [0.25, 0.3) is 0 Å². The summed E-state index contributed by atoms with van der Waals surface area (Å²) < 4.78 is 26.7. The Labute approximate surface area is 126 Å². The van der Waals surface area contributed by atoms with Crippen LogP contribution in [0.4, 0.5) is 10.1 Å². The SMILES string of the molecule is Nc1ccc(Br)cc1S(=O)Cc1c(F)cccc1Cl. The van der Waals surface area contributed by atoms with E-state index in [9.17, 15) is 8.60 Å². The summed E-state index contributed by atoms with van der Waals surface area (Å²) >= 11 is 9.21. The Kier molecular flexibility index (Phi) is 4.60. The van der Waals surface area contributed by atoms with Crippen LogP contribution in [0.2, 0.25) is 5.02 Å². The van der Waals surface area contributed by atoms with E-state index < -0.39 is 16.6 Å². The number of halogens is 3. The minimum Gasteiger partial charge on any atom is -0.398 e. The Bertz CT molecular complexity index is 630. The van der Waals surface area contributed by atoms with Gasteiger partial charge in [0, 0.05) is 20.7 Å². The van der Waals surface area contributed by atoms with E-state index in [-0.39, 0.29) is 16.3 Å². The van der Waals surface area contributed by atoms with Gasteiger partial charge in [-0.3, -0.25) is 4.21 Å². The fraction of sp³-hybridized carbons (Fsp3) is 0.0769. The molecule has 0 aliphatic rings. The topological polar surface area (TPSA) is 43.1 Å². The molecule has 0 aliphatic heterocycles. The van der Waals surface area contributed by atoms with Gasteiger partial charge in [-0.15, -0.1) is 0 Å². The molecule has 19 heavy (non-hydrogen) atoms. The number of benzene rings is 2. The molecule has 6 heteroatoms. The quantitative estimate of drug-likeness (QED) is 0.834. The van der Waals surface area contributed by atoms with Crippen molar-refractivity contribution in [1.29, 1.82) is 0 Å². The number of anilines is 1. The maximum atomic E-state index is 13.6. The van der Waals surface area contributed by atoms with E-state index in [2.05, 4.69) is 15.9 Å². The van der Waals surface area contributed by atoms with Crippen LogP contribution < -0.4 is 5.73 Å². The van der Waals surface area contributed by atoms with Crippen LogP contribution in [0, 0.1) is 5.82 Å². The molecule has 1 atom stereocenters. The standard InChI is InChI=1S/C13H10BrClFNOS/c14-8-4-5-12(17)13(6-8)19(18)7-9-10(15)2-1-3-11(9)16/h1-6H,7,17H2. The van der Waals surface area contributed by atoms with Crippen LogP contribution in [-0.2, 0) is 16.6 Å². The summed E-state index contributed by atoms with van der Waals surface area (Å²) in [6, 6.07) is 9.45. The highest BCUT2D eigenvalue weighted by molar-refractivity contribution is 9.10. The van der Waals surface area contributed by atoms with Crippen molar-refractivity contribution < 1.29 is 8.60 Å². The van der Waals surface area contributed by atoms with E-state index in [0.29, 0.717) is 10.6 Å². The monoisotopic (exact) mass is 361 g/mol. The highest BCUT2D eigenvalue weighted by atomic mass is 79.9. The fourth-order valence-electron chi connectivity index (χ4n) is 1.58. The van der Waals surface area contributed by atoms with Crippen LogP contribution in [-0.4, -0.2) is 4.21 Å². The Morgan fingerprint density at radius 1 is 1.32 bits per heavy atom. The highest BCUT2D eigenvalue weighted by Crippen LogP contribution is 2.26. The van der Waals surface area contributed by atoms with Crippen LogP contribution in [0.15, 0.2) is 45.8 Å². The molecule has 0 saturated heterocycles. The van der Waals surface area contributed by atoms with Crippen molar-refractivity contribution in [3.05, 3.63) is 57.3 Å². The first-order valence-electron chi connectivity index (χ1n) is 5.35. The average molecular weight is 363 g/mol. The summed E-state index contributed by atoms with van der Waals surface area (Å²) in [7, 11) is -1.46. The van der Waals surface area contributed by atoms with Gasteiger partial charge in [-0.05, 0) is 30.3 Å². The van der Waals surface area contributed by atoms with E-state index in [0.717, 1.165) is 4.47 Å². The normalized spacial score (nSPS) is 12.4. The minimum atomic E-state index is -1.46. The van der Waals surface area contributed by atoms with Crippen molar-refractivity contribution in [3.8, 4) is 0 Å². The summed E-state index contributed by atoms with van der Waals surface area (Å²) in [5, 5.41) is 0.266. The molecule has 2 aromatic rings. The molecule has 0 heterocycles. The van der Waals surface area contributed by atoms with E-state index in [1.54, 1.807) is 24.3 Å². The van der Waals surface area contributed by atoms with Crippen LogP contribution in [0.5, 0.6) is 0 Å². The van der Waals surface area contributed by atoms with Gasteiger partial charge in [-0.2, -0.15) is 0 Å². The van der Waals surface area contributed by atoms with Crippen molar-refractivity contribution in [2.45, 2.75) is 10.6 Å². The van der Waals surface area contributed by atoms with Gasteiger partial charge >= 0.3 is 0 Å². The first-order chi connectivity index (χ1) is 8.99. The zero-order valence-electron chi connectivity index (χ0n) is 9.70. The summed E-state index contributed by atoms with van der Waals surface area (Å²) in [5.41, 5.74) is 6.43. The van der Waals surface area contributed by atoms with Crippen LogP contribution in [0.25, 0.3) is 0 Å². The first kappa shape index (κ1) is 14.5. The van der Waals surface area contributed by atoms with Gasteiger partial charge in [0.1, 0.15) is 5.82 Å². The van der Waals surface area contributed by atoms with E-state index >= 15 is 0 Å². The number of hydrogen-bond acceptors (Lipinski definition) is 2. The molecule has 0 spiro atoms. The smallest absolute Gasteiger partial charge is 0.128 e. The Morgan fingerprint density at radius 2 is 2.05 bits per heavy atom. The predicted molar refractivity (Wildman–Crippen MR) is 80.1 cm³/mol. The van der Waals surface area contributed by atoms with Gasteiger partial charge in [-0.25, -0.2) is 4.39 Å². The maximum Gasteiger partial charge on any atom is 0.128 e. The predicted octanol–water partition coefficient (Wildman–Crippen LogP) is 4.13. The molecular weight excluding hydrogens is 353 g/mol. The van der Waals surface area contributed by atoms with Crippen molar-refractivity contribution in [1.82, 2.24) is 0 Å². The largest absolute Gasteiger partial charge is 0.398 e. The van der Waals surface area contributed by atoms with Crippen molar-refractivity contribution in [2.75, 3.05) is 5.73 Å². The molecule has 1 unspecified atom stereocenters. The number of rotatable bonds is 3. The maximum absolute atomic E-state index is 13.6. The Hall–Kier alpha value is -0.910. The number of nitrogens with two attached hydrogens (primary N) is 1. The zero-order valence-corrected chi connectivity index (χ0v) is 12.9. The molecule has 2 rings (SSSR count). The van der Waals surface area contributed by atoms with E-state index in [4.69, 9.17) is 17.3 Å².